The first kappa shape index (κ1) is 18.5. The Hall–Kier alpha value is -3.56. The van der Waals surface area contributed by atoms with Gasteiger partial charge in [0.05, 0.1) is 23.3 Å². The predicted molar refractivity (Wildman–Crippen MR) is 118 cm³/mol. The summed E-state index contributed by atoms with van der Waals surface area (Å²) in [5.41, 5.74) is 4.72. The van der Waals surface area contributed by atoms with Crippen LogP contribution >= 0.6 is 0 Å². The molecular formula is C24H22N4O2. The topological polar surface area (TPSA) is 76.3 Å². The highest BCUT2D eigenvalue weighted by atomic mass is 16.3. The molecule has 6 nitrogen and oxygen atoms in total. The standard InChI is InChI=1S/C24H22N4O2/c25-15-17-1-3-22-20(13-17)18(16-26-22)5-7-27-8-10-28(11-9-27)19-2-4-24-21(14-19)23(29)6-12-30-24/h1-4,6,12-14,16,26H,5,7-11H2. The number of aromatic amines is 1. The van der Waals surface area contributed by atoms with Gasteiger partial charge in [-0.3, -0.25) is 9.69 Å². The molecule has 0 aliphatic carbocycles. The van der Waals surface area contributed by atoms with Gasteiger partial charge in [0.2, 0.25) is 0 Å². The van der Waals surface area contributed by atoms with Crippen LogP contribution in [0, 0.1) is 11.3 Å². The summed E-state index contributed by atoms with van der Waals surface area (Å²) < 4.78 is 5.42. The molecule has 0 spiro atoms. The van der Waals surface area contributed by atoms with Crippen molar-refractivity contribution < 1.29 is 4.42 Å². The van der Waals surface area contributed by atoms with Gasteiger partial charge in [-0.25, -0.2) is 0 Å². The average Bonchev–Trinajstić information content (AvgIpc) is 3.20. The lowest BCUT2D eigenvalue weighted by Gasteiger charge is -2.36. The number of piperazine rings is 1. The summed E-state index contributed by atoms with van der Waals surface area (Å²) in [7, 11) is 0. The van der Waals surface area contributed by atoms with Crippen LogP contribution in [0.15, 0.2) is 64.1 Å². The minimum atomic E-state index is -0.00461. The zero-order valence-corrected chi connectivity index (χ0v) is 16.6. The van der Waals surface area contributed by atoms with Crippen LogP contribution in [-0.2, 0) is 6.42 Å². The number of nitriles is 1. The van der Waals surface area contributed by atoms with Gasteiger partial charge in [-0.05, 0) is 48.4 Å². The second kappa shape index (κ2) is 7.69. The van der Waals surface area contributed by atoms with Crippen molar-refractivity contribution in [1.82, 2.24) is 9.88 Å². The number of anilines is 1. The van der Waals surface area contributed by atoms with Crippen molar-refractivity contribution in [3.8, 4) is 6.07 Å². The molecule has 2 aromatic carbocycles. The van der Waals surface area contributed by atoms with Crippen molar-refractivity contribution in [2.45, 2.75) is 6.42 Å². The van der Waals surface area contributed by atoms with Crippen molar-refractivity contribution >= 4 is 27.6 Å². The molecule has 6 heteroatoms. The Kier molecular flexibility index (Phi) is 4.74. The maximum Gasteiger partial charge on any atom is 0.192 e. The summed E-state index contributed by atoms with van der Waals surface area (Å²) in [5.74, 6) is 0. The largest absolute Gasteiger partial charge is 0.464 e. The molecule has 0 radical (unpaired) electrons. The molecule has 0 saturated carbocycles. The van der Waals surface area contributed by atoms with Crippen LogP contribution < -0.4 is 10.3 Å². The number of benzene rings is 2. The Labute approximate surface area is 173 Å². The molecule has 0 amide bonds. The Balaban J connectivity index is 1.23. The molecule has 1 saturated heterocycles. The Morgan fingerprint density at radius 3 is 2.73 bits per heavy atom. The summed E-state index contributed by atoms with van der Waals surface area (Å²) in [5, 5.41) is 10.9. The van der Waals surface area contributed by atoms with Crippen molar-refractivity contribution in [1.29, 1.82) is 5.26 Å². The number of rotatable bonds is 4. The van der Waals surface area contributed by atoms with E-state index in [2.05, 4.69) is 27.0 Å². The minimum Gasteiger partial charge on any atom is -0.464 e. The van der Waals surface area contributed by atoms with Crippen LogP contribution in [0.5, 0.6) is 0 Å². The normalized spacial score (nSPS) is 15.0. The number of hydrogen-bond donors (Lipinski definition) is 1. The van der Waals surface area contributed by atoms with Crippen LogP contribution in [0.2, 0.25) is 0 Å². The maximum absolute atomic E-state index is 12.1. The van der Waals surface area contributed by atoms with Crippen LogP contribution in [0.1, 0.15) is 11.1 Å². The monoisotopic (exact) mass is 398 g/mol. The second-order valence-corrected chi connectivity index (χ2v) is 7.73. The molecule has 4 aromatic rings. The highest BCUT2D eigenvalue weighted by Crippen LogP contribution is 2.23. The molecule has 1 N–H and O–H groups in total. The third-order valence-electron chi connectivity index (χ3n) is 5.97. The highest BCUT2D eigenvalue weighted by Gasteiger charge is 2.18. The predicted octanol–water partition coefficient (Wildman–Crippen LogP) is 3.51. The van der Waals surface area contributed by atoms with Gasteiger partial charge in [0.15, 0.2) is 5.43 Å². The smallest absolute Gasteiger partial charge is 0.192 e. The lowest BCUT2D eigenvalue weighted by molar-refractivity contribution is 0.261. The number of hydrogen-bond acceptors (Lipinski definition) is 5. The van der Waals surface area contributed by atoms with E-state index in [0.29, 0.717) is 16.5 Å². The van der Waals surface area contributed by atoms with E-state index in [4.69, 9.17) is 9.68 Å². The van der Waals surface area contributed by atoms with Crippen LogP contribution in [0.3, 0.4) is 0 Å². The van der Waals surface area contributed by atoms with E-state index in [0.717, 1.165) is 55.7 Å². The molecule has 0 unspecified atom stereocenters. The molecule has 30 heavy (non-hydrogen) atoms. The fourth-order valence-corrected chi connectivity index (χ4v) is 4.23. The molecule has 0 bridgehead atoms. The van der Waals surface area contributed by atoms with Gasteiger partial charge in [-0.15, -0.1) is 0 Å². The zero-order chi connectivity index (χ0) is 20.5. The van der Waals surface area contributed by atoms with E-state index in [1.54, 1.807) is 0 Å². The third kappa shape index (κ3) is 3.44. The number of fused-ring (bicyclic) bond motifs is 2. The lowest BCUT2D eigenvalue weighted by Crippen LogP contribution is -2.47. The van der Waals surface area contributed by atoms with E-state index in [1.165, 1.54) is 17.9 Å². The molecule has 0 atom stereocenters. The summed E-state index contributed by atoms with van der Waals surface area (Å²) in [4.78, 5) is 20.2. The fourth-order valence-electron chi connectivity index (χ4n) is 4.23. The minimum absolute atomic E-state index is 0.00461. The molecule has 1 aliphatic heterocycles. The van der Waals surface area contributed by atoms with E-state index in [9.17, 15) is 4.79 Å². The number of nitrogens with zero attached hydrogens (tertiary/aromatic N) is 3. The highest BCUT2D eigenvalue weighted by molar-refractivity contribution is 5.84. The second-order valence-electron chi connectivity index (χ2n) is 7.73. The van der Waals surface area contributed by atoms with Gasteiger partial charge in [-0.2, -0.15) is 5.26 Å². The Bertz CT molecular complexity index is 1310. The van der Waals surface area contributed by atoms with Crippen LogP contribution in [0.4, 0.5) is 5.69 Å². The van der Waals surface area contributed by atoms with Crippen molar-refractivity contribution in [3.05, 3.63) is 76.3 Å². The van der Waals surface area contributed by atoms with E-state index in [1.807, 2.05) is 36.4 Å². The molecule has 1 aliphatic rings. The first-order valence-corrected chi connectivity index (χ1v) is 10.2. The van der Waals surface area contributed by atoms with E-state index < -0.39 is 0 Å². The fraction of sp³-hybridized carbons (Fsp3) is 0.250. The summed E-state index contributed by atoms with van der Waals surface area (Å²) in [6.45, 7) is 4.80. The van der Waals surface area contributed by atoms with E-state index >= 15 is 0 Å². The summed E-state index contributed by atoms with van der Waals surface area (Å²) >= 11 is 0. The first-order valence-electron chi connectivity index (χ1n) is 10.2. The van der Waals surface area contributed by atoms with Gasteiger partial charge in [0.25, 0.3) is 0 Å². The molecule has 5 rings (SSSR count). The third-order valence-corrected chi connectivity index (χ3v) is 5.97. The summed E-state index contributed by atoms with van der Waals surface area (Å²) in [6, 6.07) is 15.3. The molecule has 3 heterocycles. The Morgan fingerprint density at radius 1 is 1.03 bits per heavy atom. The quantitative estimate of drug-likeness (QED) is 0.569. The number of aromatic nitrogens is 1. The van der Waals surface area contributed by atoms with Crippen molar-refractivity contribution in [2.24, 2.45) is 0 Å². The molecule has 1 fully saturated rings. The summed E-state index contributed by atoms with van der Waals surface area (Å²) in [6.07, 6.45) is 4.45. The van der Waals surface area contributed by atoms with Crippen molar-refractivity contribution in [3.63, 3.8) is 0 Å². The van der Waals surface area contributed by atoms with Gasteiger partial charge in [-0.1, -0.05) is 0 Å². The van der Waals surface area contributed by atoms with Gasteiger partial charge in [0.1, 0.15) is 5.58 Å². The van der Waals surface area contributed by atoms with Gasteiger partial charge in [0, 0.05) is 61.6 Å². The van der Waals surface area contributed by atoms with Crippen LogP contribution in [-0.4, -0.2) is 42.6 Å². The van der Waals surface area contributed by atoms with Crippen LogP contribution in [0.25, 0.3) is 21.9 Å². The zero-order valence-electron chi connectivity index (χ0n) is 16.6. The SMILES string of the molecule is N#Cc1ccc2[nH]cc(CCN3CCN(c4ccc5occc(=O)c5c4)CC3)c2c1. The molecular weight excluding hydrogens is 376 g/mol. The Morgan fingerprint density at radius 2 is 1.90 bits per heavy atom. The van der Waals surface area contributed by atoms with Gasteiger partial charge < -0.3 is 14.3 Å². The van der Waals surface area contributed by atoms with E-state index in [-0.39, 0.29) is 5.43 Å². The number of nitrogens with one attached hydrogen (secondary N) is 1. The molecule has 150 valence electrons. The van der Waals surface area contributed by atoms with Crippen molar-refractivity contribution in [2.75, 3.05) is 37.6 Å². The first-order chi connectivity index (χ1) is 14.7. The average molecular weight is 398 g/mol. The molecule has 2 aromatic heterocycles. The van der Waals surface area contributed by atoms with Gasteiger partial charge >= 0.3 is 0 Å². The number of H-pyrrole nitrogens is 1. The maximum atomic E-state index is 12.1. The lowest BCUT2D eigenvalue weighted by atomic mass is 10.1.